The summed E-state index contributed by atoms with van der Waals surface area (Å²) in [4.78, 5) is 27.2. The third-order valence-corrected chi connectivity index (χ3v) is 17.4. The van der Waals surface area contributed by atoms with Crippen LogP contribution in [0, 0.1) is 45.3 Å². The summed E-state index contributed by atoms with van der Waals surface area (Å²) in [5.74, 6) is 3.06. The summed E-state index contributed by atoms with van der Waals surface area (Å²) in [6, 6.07) is 7.54. The number of carbonyl (C=O) groups excluding carboxylic acids is 1. The molecule has 5 fully saturated rings. The number of rotatable bonds is 8. The number of ether oxygens (including phenoxy) is 1. The van der Waals surface area contributed by atoms with Crippen LogP contribution in [0.5, 0.6) is 0 Å². The first-order chi connectivity index (χ1) is 23.7. The van der Waals surface area contributed by atoms with E-state index in [0.29, 0.717) is 35.8 Å². The molecule has 1 aliphatic heterocycles. The third-order valence-electron chi connectivity index (χ3n) is 16.1. The second kappa shape index (κ2) is 13.3. The zero-order valence-corrected chi connectivity index (χ0v) is 32.2. The lowest BCUT2D eigenvalue weighted by Gasteiger charge is -2.72. The van der Waals surface area contributed by atoms with E-state index >= 15 is 0 Å². The molecule has 2 N–H and O–H groups in total. The van der Waals surface area contributed by atoms with Crippen molar-refractivity contribution in [2.45, 2.75) is 117 Å². The second-order valence-corrected chi connectivity index (χ2v) is 20.1. The standard InChI is InChI=1S/C42H62N2O5S/c1-38(2)31(29-10-12-30(13-11-29)36(45)46)16-19-39(3)34(38)17-20-41(5)35(39)15-14-32-33-9-8-18-42(33,22-21-40(32,41)4)43-37(47)49-26-7-6-23-44-24-27-50(48)28-25-44/h10-13,16,32-35H,6-9,14-15,17-28H2,1-5H3,(H,43,47)(H,45,46)/t32?,33?,34?,35?,39?,40-,41?,42?/m1/s1. The Morgan fingerprint density at radius 2 is 1.62 bits per heavy atom. The first kappa shape index (κ1) is 36.2. The lowest BCUT2D eigenvalue weighted by molar-refractivity contribution is -0.216. The maximum Gasteiger partial charge on any atom is 0.407 e. The number of aromatic carboxylic acids is 1. The maximum atomic E-state index is 13.3. The fraction of sp³-hybridized carbons (Fsp3) is 0.762. The number of hydrogen-bond donors (Lipinski definition) is 2. The summed E-state index contributed by atoms with van der Waals surface area (Å²) in [5, 5.41) is 13.0. The van der Waals surface area contributed by atoms with Gasteiger partial charge in [0.2, 0.25) is 0 Å². The van der Waals surface area contributed by atoms with Crippen molar-refractivity contribution in [2.75, 3.05) is 37.7 Å². The van der Waals surface area contributed by atoms with Gasteiger partial charge in [0, 0.05) is 40.9 Å². The first-order valence-corrected chi connectivity index (χ1v) is 21.3. The molecular weight excluding hydrogens is 645 g/mol. The molecule has 0 spiro atoms. The van der Waals surface area contributed by atoms with Crippen molar-refractivity contribution in [3.63, 3.8) is 0 Å². The van der Waals surface area contributed by atoms with Crippen molar-refractivity contribution < 1.29 is 23.6 Å². The van der Waals surface area contributed by atoms with Crippen LogP contribution in [0.3, 0.4) is 0 Å². The van der Waals surface area contributed by atoms with Gasteiger partial charge < -0.3 is 20.1 Å². The molecule has 6 aliphatic rings. The van der Waals surface area contributed by atoms with Gasteiger partial charge in [0.05, 0.1) is 12.2 Å². The largest absolute Gasteiger partial charge is 0.478 e. The summed E-state index contributed by atoms with van der Waals surface area (Å²) in [6.45, 7) is 16.1. The number of hydrogen-bond acceptors (Lipinski definition) is 5. The lowest BCUT2D eigenvalue weighted by Crippen LogP contribution is -2.67. The average Bonchev–Trinajstić information content (AvgIpc) is 3.49. The zero-order chi connectivity index (χ0) is 35.5. The van der Waals surface area contributed by atoms with Gasteiger partial charge in [-0.25, -0.2) is 9.59 Å². The van der Waals surface area contributed by atoms with Crippen molar-refractivity contribution in [1.29, 1.82) is 0 Å². The van der Waals surface area contributed by atoms with Gasteiger partial charge in [0.15, 0.2) is 0 Å². The molecule has 1 heterocycles. The van der Waals surface area contributed by atoms with E-state index < -0.39 is 16.8 Å². The highest BCUT2D eigenvalue weighted by Crippen LogP contribution is 2.76. The Morgan fingerprint density at radius 3 is 2.34 bits per heavy atom. The molecule has 50 heavy (non-hydrogen) atoms. The molecular formula is C42H62N2O5S. The molecule has 276 valence electrons. The van der Waals surface area contributed by atoms with Gasteiger partial charge >= 0.3 is 12.1 Å². The number of nitrogens with zero attached hydrogens (tertiary/aromatic N) is 1. The highest BCUT2D eigenvalue weighted by Gasteiger charge is 2.69. The van der Waals surface area contributed by atoms with Crippen molar-refractivity contribution in [1.82, 2.24) is 10.2 Å². The quantitative estimate of drug-likeness (QED) is 0.263. The Hall–Kier alpha value is -2.19. The molecule has 8 heteroatoms. The predicted molar refractivity (Wildman–Crippen MR) is 200 cm³/mol. The molecule has 7 unspecified atom stereocenters. The van der Waals surface area contributed by atoms with Crippen LogP contribution in [-0.4, -0.2) is 69.6 Å². The normalized spacial score (nSPS) is 39.7. The number of fused-ring (bicyclic) bond motifs is 7. The molecule has 1 amide bonds. The Morgan fingerprint density at radius 1 is 0.880 bits per heavy atom. The second-order valence-electron chi connectivity index (χ2n) is 18.4. The summed E-state index contributed by atoms with van der Waals surface area (Å²) in [7, 11) is -0.643. The minimum Gasteiger partial charge on any atom is -0.478 e. The number of carboxylic acids is 1. The number of benzene rings is 1. The number of allylic oxidation sites excluding steroid dienone is 2. The van der Waals surface area contributed by atoms with Crippen molar-refractivity contribution in [2.24, 2.45) is 45.3 Å². The molecule has 0 radical (unpaired) electrons. The van der Waals surface area contributed by atoms with Crippen molar-refractivity contribution in [3.8, 4) is 0 Å². The Labute approximate surface area is 303 Å². The van der Waals surface area contributed by atoms with E-state index in [0.717, 1.165) is 63.2 Å². The van der Waals surface area contributed by atoms with Gasteiger partial charge in [-0.3, -0.25) is 4.21 Å². The molecule has 7 nitrogen and oxygen atoms in total. The molecule has 1 saturated heterocycles. The van der Waals surface area contributed by atoms with Crippen LogP contribution in [0.4, 0.5) is 4.79 Å². The number of alkyl carbamates (subject to hydrolysis) is 1. The van der Waals surface area contributed by atoms with Crippen LogP contribution in [0.15, 0.2) is 30.3 Å². The minimum atomic E-state index is -0.874. The fourth-order valence-electron chi connectivity index (χ4n) is 13.4. The van der Waals surface area contributed by atoms with Crippen molar-refractivity contribution >= 4 is 28.4 Å². The molecule has 0 aromatic heterocycles. The number of carboxylic acid groups (broad SMARTS) is 1. The maximum absolute atomic E-state index is 13.3. The number of unbranched alkanes of at least 4 members (excludes halogenated alkanes) is 1. The monoisotopic (exact) mass is 706 g/mol. The molecule has 4 saturated carbocycles. The number of amides is 1. The van der Waals surface area contributed by atoms with E-state index in [2.05, 4.69) is 50.9 Å². The van der Waals surface area contributed by atoms with Crippen LogP contribution >= 0.6 is 0 Å². The van der Waals surface area contributed by atoms with Gasteiger partial charge in [-0.05, 0) is 146 Å². The third kappa shape index (κ3) is 5.90. The lowest BCUT2D eigenvalue weighted by atomic mass is 9.33. The smallest absolute Gasteiger partial charge is 0.407 e. The van der Waals surface area contributed by atoms with Crippen LogP contribution in [-0.2, 0) is 15.5 Å². The highest BCUT2D eigenvalue weighted by atomic mass is 32.2. The van der Waals surface area contributed by atoms with Gasteiger partial charge in [-0.15, -0.1) is 0 Å². The van der Waals surface area contributed by atoms with Crippen LogP contribution < -0.4 is 5.32 Å². The Kier molecular flexibility index (Phi) is 9.65. The summed E-state index contributed by atoms with van der Waals surface area (Å²) < 4.78 is 17.5. The number of carbonyl (C=O) groups is 2. The first-order valence-electron chi connectivity index (χ1n) is 19.8. The summed E-state index contributed by atoms with van der Waals surface area (Å²) >= 11 is 0. The zero-order valence-electron chi connectivity index (χ0n) is 31.4. The van der Waals surface area contributed by atoms with Gasteiger partial charge in [0.25, 0.3) is 0 Å². The Balaban J connectivity index is 1.02. The van der Waals surface area contributed by atoms with Gasteiger partial charge in [-0.1, -0.05) is 59.2 Å². The van der Waals surface area contributed by atoms with E-state index in [-0.39, 0.29) is 33.3 Å². The molecule has 5 aliphatic carbocycles. The van der Waals surface area contributed by atoms with Crippen molar-refractivity contribution in [3.05, 3.63) is 41.5 Å². The SMILES string of the molecule is CC1(C)C(c2ccc(C(=O)O)cc2)=CCC2(C)C1CCC1(C)C2CCC2C3CCCC3(NC(=O)OCCCCN3CCS(=O)CC3)CC[C@]21C. The Bertz CT molecular complexity index is 1510. The fourth-order valence-corrected chi connectivity index (χ4v) is 14.5. The molecule has 8 atom stereocenters. The predicted octanol–water partition coefficient (Wildman–Crippen LogP) is 8.56. The van der Waals surface area contributed by atoms with Crippen LogP contribution in [0.25, 0.3) is 5.57 Å². The molecule has 1 aromatic rings. The van der Waals surface area contributed by atoms with E-state index in [1.54, 1.807) is 12.1 Å². The molecule has 1 aromatic carbocycles. The summed E-state index contributed by atoms with van der Waals surface area (Å²) in [5.41, 5.74) is 3.48. The van der Waals surface area contributed by atoms with Gasteiger partial charge in [0.1, 0.15) is 0 Å². The van der Waals surface area contributed by atoms with Crippen LogP contribution in [0.2, 0.25) is 0 Å². The summed E-state index contributed by atoms with van der Waals surface area (Å²) in [6.07, 6.45) is 15.9. The average molecular weight is 707 g/mol. The highest BCUT2D eigenvalue weighted by molar-refractivity contribution is 7.85. The van der Waals surface area contributed by atoms with Crippen LogP contribution in [0.1, 0.15) is 128 Å². The number of nitrogens with one attached hydrogen (secondary N) is 1. The topological polar surface area (TPSA) is 95.9 Å². The minimum absolute atomic E-state index is 0.00335. The van der Waals surface area contributed by atoms with E-state index in [1.165, 1.54) is 56.1 Å². The van der Waals surface area contributed by atoms with E-state index in [4.69, 9.17) is 4.74 Å². The molecule has 7 rings (SSSR count). The van der Waals surface area contributed by atoms with E-state index in [1.807, 2.05) is 12.1 Å². The van der Waals surface area contributed by atoms with E-state index in [9.17, 15) is 18.9 Å². The molecule has 0 bridgehead atoms. The van der Waals surface area contributed by atoms with Gasteiger partial charge in [-0.2, -0.15) is 0 Å².